The molecule has 2 fully saturated rings. The van der Waals surface area contributed by atoms with E-state index in [2.05, 4.69) is 36.9 Å². The second-order valence-corrected chi connectivity index (χ2v) is 26.0. The molecule has 0 spiro atoms. The number of carbonyl (C=O) groups is 10. The first-order valence-corrected chi connectivity index (χ1v) is 33.3. The zero-order chi connectivity index (χ0) is 68.2. The number of halogens is 1. The molecule has 514 valence electrons. The zero-order valence-electron chi connectivity index (χ0n) is 54.1. The summed E-state index contributed by atoms with van der Waals surface area (Å²) < 4.78 is 14.2. The molecular weight excluding hydrogens is 1230 g/mol. The minimum absolute atomic E-state index is 0.0156. The maximum absolute atomic E-state index is 14.7. The van der Waals surface area contributed by atoms with Crippen LogP contribution in [0.5, 0.6) is 0 Å². The molecule has 7 amide bonds. The molecule has 2 aliphatic rings. The fourth-order valence-corrected chi connectivity index (χ4v) is 12.7. The summed E-state index contributed by atoms with van der Waals surface area (Å²) >= 11 is 1.30. The Morgan fingerprint density at radius 3 is 1.83 bits per heavy atom. The zero-order valence-corrected chi connectivity index (χ0v) is 55.0. The molecule has 0 aliphatic carbocycles. The van der Waals surface area contributed by atoms with E-state index in [0.29, 0.717) is 56.4 Å². The van der Waals surface area contributed by atoms with Crippen molar-refractivity contribution in [3.8, 4) is 0 Å². The van der Waals surface area contributed by atoms with Crippen LogP contribution in [0.2, 0.25) is 0 Å². The molecule has 28 heteroatoms. The molecule has 26 nitrogen and oxygen atoms in total. The Kier molecular flexibility index (Phi) is 30.6. The maximum atomic E-state index is 14.7. The van der Waals surface area contributed by atoms with Gasteiger partial charge in [0.25, 0.3) is 0 Å². The number of para-hydroxylation sites is 1. The number of carbonyl (C=O) groups excluding carboxylic acids is 7. The quantitative estimate of drug-likeness (QED) is 0.0291. The molecule has 94 heavy (non-hydrogen) atoms. The van der Waals surface area contributed by atoms with Crippen LogP contribution in [0.15, 0.2) is 79.0 Å². The Hall–Kier alpha value is -8.02. The average molecular weight is 1330 g/mol. The largest absolute Gasteiger partial charge is 0.480 e. The number of aryl methyl sites for hydroxylation is 1. The van der Waals surface area contributed by atoms with Crippen LogP contribution in [-0.2, 0) is 67.3 Å². The molecule has 12 N–H and O–H groups in total. The van der Waals surface area contributed by atoms with Crippen molar-refractivity contribution in [1.82, 2.24) is 61.4 Å². The number of H-pyrrole nitrogens is 1. The van der Waals surface area contributed by atoms with E-state index in [0.717, 1.165) is 22.0 Å². The minimum Gasteiger partial charge on any atom is -0.480 e. The number of nitrogens with zero attached hydrogens (tertiary/aromatic N) is 5. The number of hydrogen-bond donors (Lipinski definition) is 11. The van der Waals surface area contributed by atoms with Crippen LogP contribution in [0.3, 0.4) is 0 Å². The summed E-state index contributed by atoms with van der Waals surface area (Å²) in [6.07, 6.45) is 4.14. The van der Waals surface area contributed by atoms with Crippen molar-refractivity contribution in [1.29, 1.82) is 0 Å². The highest BCUT2D eigenvalue weighted by atomic mass is 32.2. The first-order chi connectivity index (χ1) is 44.9. The molecule has 3 atom stereocenters. The predicted molar refractivity (Wildman–Crippen MR) is 354 cm³/mol. The van der Waals surface area contributed by atoms with Crippen LogP contribution >= 0.6 is 11.8 Å². The number of rotatable bonds is 35. The summed E-state index contributed by atoms with van der Waals surface area (Å²) in [7, 11) is 0. The summed E-state index contributed by atoms with van der Waals surface area (Å²) in [5.74, 6) is -6.34. The fourth-order valence-electron chi connectivity index (χ4n) is 11.4. The van der Waals surface area contributed by atoms with Crippen molar-refractivity contribution >= 4 is 81.9 Å². The highest BCUT2D eigenvalue weighted by molar-refractivity contribution is 8.00. The van der Waals surface area contributed by atoms with Crippen molar-refractivity contribution in [2.45, 2.75) is 108 Å². The number of carboxylic acids is 3. The molecule has 6 rings (SSSR count). The first kappa shape index (κ1) is 75.0. The Labute approximate surface area is 552 Å². The standard InChI is InChI=1S/C66H94FN13O13S/c1-45(2)34-55(64(92)75-66(65(93)74-53(62(68)90)37-49-39-72-52-15-10-9-14-50(49)52)19-23-80(24-20-66)58(83)40-69-38-48-18-17-46(3)51(67)35-48)94-33-22-71-63(91)54(36-47-12-6-4-7-13-47)73-56(81)16-8-5-11-21-70-57(82)41-76-25-27-77(42-59(84)85)29-31-79(44-61(88)89)32-30-78(28-26-76)43-60(86)87/h4,6-7,9-10,12-15,17-18,35,39,45,53-55,69,72H,5,8,11,16,19-34,36-38,40-44H2,1-3H3,(H2,68,90)(H,70,82)(H,71,91)(H,73,81)(H,74,93)(H,75,92)(H,84,85)(H,86,87)(H,88,89)/t53-,54-,55+/m0/s1. The van der Waals surface area contributed by atoms with Crippen LogP contribution in [0, 0.1) is 18.7 Å². The molecule has 4 aromatic rings. The lowest BCUT2D eigenvalue weighted by Crippen LogP contribution is -2.66. The number of aromatic nitrogens is 1. The van der Waals surface area contributed by atoms with Gasteiger partial charge in [0, 0.05) is 127 Å². The lowest BCUT2D eigenvalue weighted by molar-refractivity contribution is -0.140. The number of hydrogen-bond acceptors (Lipinski definition) is 16. The van der Waals surface area contributed by atoms with Crippen molar-refractivity contribution < 1.29 is 67.7 Å². The van der Waals surface area contributed by atoms with Gasteiger partial charge in [0.1, 0.15) is 23.4 Å². The van der Waals surface area contributed by atoms with Gasteiger partial charge in [0.15, 0.2) is 0 Å². The number of primary amides is 1. The SMILES string of the molecule is Cc1ccc(CNCC(=O)N2CCC(NC(=O)[C@@H](CC(C)C)SCCNC(=O)[C@H](Cc3ccccc3)NC(=O)CCCCCNC(=O)CN3CCN(CC(=O)O)CCN(CC(=O)O)CCN(CC(=O)O)CC3)(C(=O)N[C@@H](Cc3c[nH]c4ccccc34)C(N)=O)CC2)cc1F. The molecule has 3 aromatic carbocycles. The molecule has 2 saturated heterocycles. The van der Waals surface area contributed by atoms with Crippen LogP contribution in [0.4, 0.5) is 4.39 Å². The van der Waals surface area contributed by atoms with Crippen molar-refractivity contribution in [3.63, 3.8) is 0 Å². The number of unbranched alkanes of at least 4 members (excludes halogenated alkanes) is 2. The molecule has 0 bridgehead atoms. The van der Waals surface area contributed by atoms with Gasteiger partial charge in [-0.2, -0.15) is 0 Å². The molecule has 0 unspecified atom stereocenters. The third kappa shape index (κ3) is 25.7. The third-order valence-corrected chi connectivity index (χ3v) is 18.0. The topological polar surface area (TPSA) is 362 Å². The number of benzene rings is 3. The van der Waals surface area contributed by atoms with E-state index >= 15 is 0 Å². The number of aromatic amines is 1. The number of nitrogens with two attached hydrogens (primary N) is 1. The third-order valence-electron chi connectivity index (χ3n) is 16.8. The van der Waals surface area contributed by atoms with E-state index in [1.165, 1.54) is 17.8 Å². The number of piperidine rings is 1. The lowest BCUT2D eigenvalue weighted by atomic mass is 9.85. The first-order valence-electron chi connectivity index (χ1n) is 32.2. The lowest BCUT2D eigenvalue weighted by Gasteiger charge is -2.42. The monoisotopic (exact) mass is 1330 g/mol. The summed E-state index contributed by atoms with van der Waals surface area (Å²) in [6, 6.07) is 19.5. The Morgan fingerprint density at radius 1 is 0.649 bits per heavy atom. The molecule has 2 aliphatic heterocycles. The van der Waals surface area contributed by atoms with Gasteiger partial charge in [-0.05, 0) is 79.3 Å². The normalized spacial score (nSPS) is 16.4. The number of likely N-dealkylation sites (tertiary alicyclic amines) is 1. The average Bonchev–Trinajstić information content (AvgIpc) is 0.992. The van der Waals surface area contributed by atoms with E-state index in [4.69, 9.17) is 5.73 Å². The Bertz CT molecular complexity index is 3150. The van der Waals surface area contributed by atoms with Crippen LogP contribution in [0.25, 0.3) is 10.9 Å². The van der Waals surface area contributed by atoms with Gasteiger partial charge >= 0.3 is 17.9 Å². The van der Waals surface area contributed by atoms with Crippen molar-refractivity contribution in [3.05, 3.63) is 107 Å². The second-order valence-electron chi connectivity index (χ2n) is 24.7. The number of amides is 7. The van der Waals surface area contributed by atoms with Gasteiger partial charge in [-0.25, -0.2) is 4.39 Å². The minimum atomic E-state index is -1.56. The van der Waals surface area contributed by atoms with E-state index < -0.39 is 64.4 Å². The highest BCUT2D eigenvalue weighted by Gasteiger charge is 2.46. The number of thioether (sulfide) groups is 1. The summed E-state index contributed by atoms with van der Waals surface area (Å²) in [5.41, 5.74) is 7.96. The smallest absolute Gasteiger partial charge is 0.317 e. The van der Waals surface area contributed by atoms with Gasteiger partial charge in [-0.1, -0.05) is 80.9 Å². The molecule has 1 aromatic heterocycles. The van der Waals surface area contributed by atoms with E-state index in [1.54, 1.807) is 44.9 Å². The maximum Gasteiger partial charge on any atom is 0.317 e. The number of aliphatic carboxylic acids is 3. The van der Waals surface area contributed by atoms with Gasteiger partial charge < -0.3 is 62.8 Å². The second kappa shape index (κ2) is 38.4. The predicted octanol–water partition coefficient (Wildman–Crippen LogP) is 1.54. The van der Waals surface area contributed by atoms with Gasteiger partial charge in [-0.3, -0.25) is 67.5 Å². The van der Waals surface area contributed by atoms with E-state index in [-0.39, 0.29) is 165 Å². The van der Waals surface area contributed by atoms with Crippen LogP contribution < -0.4 is 37.6 Å². The van der Waals surface area contributed by atoms with E-state index in [9.17, 15) is 67.7 Å². The summed E-state index contributed by atoms with van der Waals surface area (Å²) in [5, 5.41) is 46.5. The summed E-state index contributed by atoms with van der Waals surface area (Å²) in [4.78, 5) is 143. The molecular formula is C66H94FN13O13S. The van der Waals surface area contributed by atoms with E-state index in [1.807, 2.05) is 73.3 Å². The van der Waals surface area contributed by atoms with Crippen molar-refractivity contribution in [2.24, 2.45) is 11.7 Å². The van der Waals surface area contributed by atoms with Crippen LogP contribution in [-0.4, -0.2) is 244 Å². The summed E-state index contributed by atoms with van der Waals surface area (Å²) in [6.45, 7) is 7.68. The van der Waals surface area contributed by atoms with Gasteiger partial charge in [0.2, 0.25) is 41.4 Å². The Balaban J connectivity index is 1.01. The number of carboxylic acid groups (broad SMARTS) is 3. The van der Waals surface area contributed by atoms with Gasteiger partial charge in [-0.15, -0.1) is 11.8 Å². The Morgan fingerprint density at radius 2 is 1.24 bits per heavy atom. The molecule has 0 saturated carbocycles. The number of fused-ring (bicyclic) bond motifs is 1. The molecule has 0 radical (unpaired) electrons. The fraction of sp³-hybridized carbons (Fsp3) is 0.545. The molecule has 3 heterocycles. The van der Waals surface area contributed by atoms with Gasteiger partial charge in [0.05, 0.1) is 38.0 Å². The number of nitrogens with one attached hydrogen (secondary N) is 7. The van der Waals surface area contributed by atoms with Crippen molar-refractivity contribution in [2.75, 3.05) is 117 Å². The van der Waals surface area contributed by atoms with Crippen LogP contribution in [0.1, 0.15) is 81.0 Å². The highest BCUT2D eigenvalue weighted by Crippen LogP contribution is 2.28.